The molecular weight excluding hydrogens is 637 g/mol. The molecule has 0 aromatic heterocycles. The predicted octanol–water partition coefficient (Wildman–Crippen LogP) is 11.7. The minimum Gasteiger partial charge on any atom is -0.366 e. The molecule has 2 atom stereocenters. The normalized spacial score (nSPS) is 17.7. The van der Waals surface area contributed by atoms with Crippen LogP contribution in [0.4, 0.5) is 0 Å². The molecule has 8 aromatic carbocycles. The molecule has 0 N–H and O–H groups in total. The second kappa shape index (κ2) is 12.4. The van der Waals surface area contributed by atoms with Crippen molar-refractivity contribution >= 4 is 43.1 Å². The van der Waals surface area contributed by atoms with Crippen molar-refractivity contribution in [3.8, 4) is 0 Å². The minimum absolute atomic E-state index is 0.484. The van der Waals surface area contributed by atoms with Gasteiger partial charge in [0.2, 0.25) is 0 Å². The SMILES string of the molecule is COC(c1ccc2ccccc2c1)(c1ccc2ccccc2c1)[C@@H]1OC(C)(C)O[C@H]1C(C)(c1ccc2ccccc2c1)c1ccc2ccccc2c1. The monoisotopic (exact) mass is 678 g/mol. The first-order valence-corrected chi connectivity index (χ1v) is 18.2. The van der Waals surface area contributed by atoms with Crippen molar-refractivity contribution in [2.24, 2.45) is 0 Å². The summed E-state index contributed by atoms with van der Waals surface area (Å²) in [7, 11) is 1.82. The maximum Gasteiger partial charge on any atom is 0.164 e. The van der Waals surface area contributed by atoms with Gasteiger partial charge in [-0.2, -0.15) is 0 Å². The van der Waals surface area contributed by atoms with E-state index in [-0.39, 0.29) is 0 Å². The summed E-state index contributed by atoms with van der Waals surface area (Å²) in [6, 6.07) is 61.1. The van der Waals surface area contributed by atoms with Gasteiger partial charge >= 0.3 is 0 Å². The highest BCUT2D eigenvalue weighted by Gasteiger charge is 2.61. The van der Waals surface area contributed by atoms with Crippen LogP contribution in [-0.4, -0.2) is 25.1 Å². The summed E-state index contributed by atoms with van der Waals surface area (Å²) in [5, 5.41) is 9.40. The van der Waals surface area contributed by atoms with Gasteiger partial charge in [-0.3, -0.25) is 0 Å². The number of methoxy groups -OCH3 is 1. The maximum absolute atomic E-state index is 7.28. The number of fused-ring (bicyclic) bond motifs is 4. The molecule has 3 nitrogen and oxygen atoms in total. The van der Waals surface area contributed by atoms with E-state index in [2.05, 4.69) is 177 Å². The number of rotatable bonds is 7. The van der Waals surface area contributed by atoms with Crippen LogP contribution < -0.4 is 0 Å². The maximum atomic E-state index is 7.28. The summed E-state index contributed by atoms with van der Waals surface area (Å²) >= 11 is 0. The molecule has 0 bridgehead atoms. The van der Waals surface area contributed by atoms with Gasteiger partial charge in [0.05, 0.1) is 0 Å². The van der Waals surface area contributed by atoms with Crippen LogP contribution in [0.5, 0.6) is 0 Å². The van der Waals surface area contributed by atoms with Crippen molar-refractivity contribution in [3.63, 3.8) is 0 Å². The van der Waals surface area contributed by atoms with Crippen LogP contribution >= 0.6 is 0 Å². The molecule has 1 aliphatic rings. The lowest BCUT2D eigenvalue weighted by atomic mass is 9.65. The molecule has 1 aliphatic heterocycles. The Hall–Kier alpha value is -5.32. The molecular formula is C49H42O3. The average Bonchev–Trinajstić information content (AvgIpc) is 3.53. The lowest BCUT2D eigenvalue weighted by Gasteiger charge is -2.45. The van der Waals surface area contributed by atoms with Crippen LogP contribution in [0.3, 0.4) is 0 Å². The Labute approximate surface area is 305 Å². The molecule has 8 aromatic rings. The fourth-order valence-corrected chi connectivity index (χ4v) is 8.69. The fraction of sp³-hybridized carbons (Fsp3) is 0.184. The third-order valence-corrected chi connectivity index (χ3v) is 11.4. The number of ether oxygens (including phenoxy) is 3. The minimum atomic E-state index is -1.05. The first-order chi connectivity index (χ1) is 25.3. The van der Waals surface area contributed by atoms with Crippen LogP contribution in [0.15, 0.2) is 170 Å². The van der Waals surface area contributed by atoms with E-state index in [4.69, 9.17) is 14.2 Å². The lowest BCUT2D eigenvalue weighted by molar-refractivity contribution is -0.171. The Kier molecular flexibility index (Phi) is 7.78. The van der Waals surface area contributed by atoms with Gasteiger partial charge < -0.3 is 14.2 Å². The van der Waals surface area contributed by atoms with Crippen molar-refractivity contribution in [2.75, 3.05) is 7.11 Å². The van der Waals surface area contributed by atoms with Crippen molar-refractivity contribution in [2.45, 2.75) is 49.8 Å². The average molecular weight is 679 g/mol. The van der Waals surface area contributed by atoms with E-state index in [1.54, 1.807) is 0 Å². The Morgan fingerprint density at radius 2 is 0.731 bits per heavy atom. The second-order valence-corrected chi connectivity index (χ2v) is 14.9. The van der Waals surface area contributed by atoms with Gasteiger partial charge in [-0.15, -0.1) is 0 Å². The molecule has 52 heavy (non-hydrogen) atoms. The molecule has 9 rings (SSSR count). The lowest BCUT2D eigenvalue weighted by Crippen LogP contribution is -2.54. The largest absolute Gasteiger partial charge is 0.366 e. The number of hydrogen-bond donors (Lipinski definition) is 0. The van der Waals surface area contributed by atoms with Crippen LogP contribution in [0.25, 0.3) is 43.1 Å². The predicted molar refractivity (Wildman–Crippen MR) is 214 cm³/mol. The highest BCUT2D eigenvalue weighted by atomic mass is 16.8. The fourth-order valence-electron chi connectivity index (χ4n) is 8.69. The Morgan fingerprint density at radius 1 is 0.423 bits per heavy atom. The zero-order valence-electron chi connectivity index (χ0n) is 30.0. The smallest absolute Gasteiger partial charge is 0.164 e. The van der Waals surface area contributed by atoms with Gasteiger partial charge in [0.1, 0.15) is 17.8 Å². The second-order valence-electron chi connectivity index (χ2n) is 14.9. The van der Waals surface area contributed by atoms with Crippen molar-refractivity contribution in [3.05, 3.63) is 192 Å². The number of hydrogen-bond acceptors (Lipinski definition) is 3. The van der Waals surface area contributed by atoms with Crippen LogP contribution in [-0.2, 0) is 25.2 Å². The summed E-state index contributed by atoms with van der Waals surface area (Å²) < 4.78 is 21.6. The van der Waals surface area contributed by atoms with E-state index < -0.39 is 29.0 Å². The van der Waals surface area contributed by atoms with E-state index in [0.29, 0.717) is 0 Å². The Bertz CT molecular complexity index is 2440. The molecule has 256 valence electrons. The van der Waals surface area contributed by atoms with E-state index >= 15 is 0 Å². The summed E-state index contributed by atoms with van der Waals surface area (Å²) in [5.74, 6) is -0.915. The van der Waals surface area contributed by atoms with Crippen LogP contribution in [0.2, 0.25) is 0 Å². The van der Waals surface area contributed by atoms with Crippen LogP contribution in [0.1, 0.15) is 43.0 Å². The van der Waals surface area contributed by atoms with E-state index in [1.165, 1.54) is 32.3 Å². The topological polar surface area (TPSA) is 27.7 Å². The molecule has 0 aliphatic carbocycles. The molecule has 1 heterocycles. The zero-order valence-corrected chi connectivity index (χ0v) is 30.0. The molecule has 0 unspecified atom stereocenters. The Balaban J connectivity index is 1.34. The van der Waals surface area contributed by atoms with Gasteiger partial charge in [0.25, 0.3) is 0 Å². The van der Waals surface area contributed by atoms with Crippen LogP contribution in [0, 0.1) is 0 Å². The van der Waals surface area contributed by atoms with E-state index in [0.717, 1.165) is 33.0 Å². The number of benzene rings is 8. The third-order valence-electron chi connectivity index (χ3n) is 11.4. The Morgan fingerprint density at radius 3 is 1.10 bits per heavy atom. The van der Waals surface area contributed by atoms with Gasteiger partial charge in [-0.25, -0.2) is 0 Å². The first kappa shape index (κ1) is 32.6. The highest BCUT2D eigenvalue weighted by Crippen LogP contribution is 2.53. The zero-order chi connectivity index (χ0) is 35.5. The van der Waals surface area contributed by atoms with Crippen molar-refractivity contribution < 1.29 is 14.2 Å². The molecule has 0 radical (unpaired) electrons. The molecule has 1 fully saturated rings. The summed E-state index contributed by atoms with van der Waals surface area (Å²) in [5.41, 5.74) is 2.60. The molecule has 0 spiro atoms. The molecule has 1 saturated heterocycles. The molecule has 0 amide bonds. The van der Waals surface area contributed by atoms with Gasteiger partial charge in [-0.1, -0.05) is 158 Å². The van der Waals surface area contributed by atoms with Gasteiger partial charge in [-0.05, 0) is 98.2 Å². The first-order valence-electron chi connectivity index (χ1n) is 18.2. The molecule has 0 saturated carbocycles. The van der Waals surface area contributed by atoms with Gasteiger partial charge in [0, 0.05) is 12.5 Å². The van der Waals surface area contributed by atoms with E-state index in [9.17, 15) is 0 Å². The van der Waals surface area contributed by atoms with Crippen molar-refractivity contribution in [1.29, 1.82) is 0 Å². The van der Waals surface area contributed by atoms with Crippen molar-refractivity contribution in [1.82, 2.24) is 0 Å². The third kappa shape index (κ3) is 5.23. The van der Waals surface area contributed by atoms with E-state index in [1.807, 2.05) is 21.0 Å². The summed E-state index contributed by atoms with van der Waals surface area (Å²) in [6.07, 6.45) is -1.06. The van der Waals surface area contributed by atoms with Gasteiger partial charge in [0.15, 0.2) is 5.79 Å². The molecule has 3 heteroatoms. The summed E-state index contributed by atoms with van der Waals surface area (Å²) in [6.45, 7) is 6.38. The highest BCUT2D eigenvalue weighted by molar-refractivity contribution is 5.87. The summed E-state index contributed by atoms with van der Waals surface area (Å²) in [4.78, 5) is 0. The standard InChI is InChI=1S/C49H42O3/c1-47(2)51-45(48(3,41-25-21-33-13-5-9-17-37(33)29-41)42-26-22-34-14-6-10-18-38(34)30-42)46(52-47)49(50-4,43-27-23-35-15-7-11-19-39(35)31-43)44-28-24-36-16-8-12-20-40(36)32-44/h5-32,45-46H,1-4H3/t45-,46-/m1/s1. The quantitative estimate of drug-likeness (QED) is 0.168.